The molecule has 3 fully saturated rings. The minimum atomic E-state index is -0.413. The van der Waals surface area contributed by atoms with E-state index in [1.165, 1.54) is 5.56 Å². The van der Waals surface area contributed by atoms with Crippen LogP contribution in [0.3, 0.4) is 0 Å². The van der Waals surface area contributed by atoms with Gasteiger partial charge in [-0.05, 0) is 49.8 Å². The molecule has 1 saturated carbocycles. The summed E-state index contributed by atoms with van der Waals surface area (Å²) in [4.78, 5) is 20.4. The molecule has 2 aliphatic heterocycles. The molecule has 5 rings (SSSR count). The Morgan fingerprint density at radius 2 is 1.94 bits per heavy atom. The minimum Gasteiger partial charge on any atom is -0.368 e. The maximum Gasteiger partial charge on any atom is 0.250 e. The van der Waals surface area contributed by atoms with Crippen LogP contribution < -0.4 is 16.0 Å². The van der Waals surface area contributed by atoms with Gasteiger partial charge in [0, 0.05) is 42.8 Å². The van der Waals surface area contributed by atoms with Gasteiger partial charge in [0.2, 0.25) is 11.9 Å². The molecular formula is C22H30ClN7O2. The lowest BCUT2D eigenvalue weighted by molar-refractivity contribution is -0.145. The number of aromatic amines is 1. The molecule has 2 atom stereocenters. The number of nitrogens with zero attached hydrogens (tertiary/aromatic N) is 4. The van der Waals surface area contributed by atoms with Gasteiger partial charge in [-0.2, -0.15) is 0 Å². The van der Waals surface area contributed by atoms with Crippen LogP contribution in [0.5, 0.6) is 0 Å². The second-order valence-corrected chi connectivity index (χ2v) is 9.47. The molecule has 1 aliphatic carbocycles. The Labute approximate surface area is 192 Å². The molecule has 0 radical (unpaired) electrons. The van der Waals surface area contributed by atoms with Gasteiger partial charge in [-0.1, -0.05) is 23.7 Å². The van der Waals surface area contributed by atoms with E-state index in [-0.39, 0.29) is 11.9 Å². The van der Waals surface area contributed by atoms with Gasteiger partial charge < -0.3 is 20.7 Å². The summed E-state index contributed by atoms with van der Waals surface area (Å²) < 4.78 is 6.06. The number of nitrogens with one attached hydrogen (secondary N) is 2. The first kappa shape index (κ1) is 21.5. The Morgan fingerprint density at radius 3 is 2.59 bits per heavy atom. The van der Waals surface area contributed by atoms with Crippen LogP contribution in [-0.2, 0) is 16.0 Å². The van der Waals surface area contributed by atoms with Crippen LogP contribution >= 0.6 is 11.6 Å². The number of ether oxygens (including phenoxy) is 1. The Bertz CT molecular complexity index is 925. The van der Waals surface area contributed by atoms with Gasteiger partial charge in [-0.15, -0.1) is 10.2 Å². The molecule has 0 bridgehead atoms. The fourth-order valence-corrected chi connectivity index (χ4v) is 4.86. The smallest absolute Gasteiger partial charge is 0.250 e. The van der Waals surface area contributed by atoms with Crippen molar-refractivity contribution in [3.63, 3.8) is 0 Å². The zero-order chi connectivity index (χ0) is 22.1. The second-order valence-electron chi connectivity index (χ2n) is 9.04. The number of piperidine rings is 1. The van der Waals surface area contributed by atoms with Crippen molar-refractivity contribution in [2.75, 3.05) is 36.9 Å². The van der Waals surface area contributed by atoms with E-state index in [2.05, 4.69) is 42.4 Å². The normalized spacial score (nSPS) is 25.1. The van der Waals surface area contributed by atoms with Gasteiger partial charge in [0.15, 0.2) is 0 Å². The Kier molecular flexibility index (Phi) is 6.21. The summed E-state index contributed by atoms with van der Waals surface area (Å²) in [5.41, 5.74) is 6.91. The van der Waals surface area contributed by atoms with E-state index in [1.54, 1.807) is 0 Å². The van der Waals surface area contributed by atoms with Crippen LogP contribution in [0.25, 0.3) is 0 Å². The number of rotatable bonds is 6. The first-order valence-electron chi connectivity index (χ1n) is 11.4. The van der Waals surface area contributed by atoms with Crippen molar-refractivity contribution >= 4 is 29.4 Å². The van der Waals surface area contributed by atoms with E-state index in [4.69, 9.17) is 22.1 Å². The van der Waals surface area contributed by atoms with E-state index in [0.717, 1.165) is 56.2 Å². The summed E-state index contributed by atoms with van der Waals surface area (Å²) >= 11 is 6.07. The van der Waals surface area contributed by atoms with Gasteiger partial charge in [0.25, 0.3) is 5.91 Å². The van der Waals surface area contributed by atoms with E-state index >= 15 is 0 Å². The number of hydrogen-bond acceptors (Lipinski definition) is 7. The maximum absolute atomic E-state index is 12.7. The number of nitrogen functional groups attached to an aromatic ring is 1. The summed E-state index contributed by atoms with van der Waals surface area (Å²) in [6, 6.07) is 8.94. The lowest BCUT2D eigenvalue weighted by Crippen LogP contribution is -2.60. The number of aromatic nitrogens is 3. The average Bonchev–Trinajstić information content (AvgIpc) is 3.52. The van der Waals surface area contributed by atoms with Crippen molar-refractivity contribution < 1.29 is 9.53 Å². The number of amides is 1. The third-order valence-corrected chi connectivity index (χ3v) is 6.91. The van der Waals surface area contributed by atoms with Crippen molar-refractivity contribution in [3.8, 4) is 0 Å². The predicted octanol–water partition coefficient (Wildman–Crippen LogP) is 1.60. The monoisotopic (exact) mass is 459 g/mol. The second kappa shape index (κ2) is 9.25. The third-order valence-electron chi connectivity index (χ3n) is 6.66. The molecule has 4 N–H and O–H groups in total. The molecule has 3 heterocycles. The molecule has 2 aromatic rings. The molecule has 9 nitrogen and oxygen atoms in total. The highest BCUT2D eigenvalue weighted by atomic mass is 35.5. The molecule has 1 amide bonds. The van der Waals surface area contributed by atoms with Gasteiger partial charge >= 0.3 is 0 Å². The first-order chi connectivity index (χ1) is 15.5. The summed E-state index contributed by atoms with van der Waals surface area (Å²) in [6.07, 6.45) is 4.57. The SMILES string of the molecule is Nc1nnc(N2CCC(N3CC(C(=O)NC4CC4)OCC3Cc3ccc(Cl)cc3)CC2)[nH]1. The summed E-state index contributed by atoms with van der Waals surface area (Å²) in [5.74, 6) is 1.09. The molecular weight excluding hydrogens is 430 g/mol. The fraction of sp³-hybridized carbons (Fsp3) is 0.591. The van der Waals surface area contributed by atoms with E-state index in [0.29, 0.717) is 31.2 Å². The van der Waals surface area contributed by atoms with Crippen LogP contribution in [0.1, 0.15) is 31.2 Å². The largest absolute Gasteiger partial charge is 0.368 e. The molecule has 32 heavy (non-hydrogen) atoms. The van der Waals surface area contributed by atoms with Crippen molar-refractivity contribution in [3.05, 3.63) is 34.9 Å². The highest BCUT2D eigenvalue weighted by Gasteiger charge is 2.39. The van der Waals surface area contributed by atoms with Crippen molar-refractivity contribution in [2.24, 2.45) is 0 Å². The van der Waals surface area contributed by atoms with Crippen molar-refractivity contribution in [1.82, 2.24) is 25.4 Å². The first-order valence-corrected chi connectivity index (χ1v) is 11.8. The van der Waals surface area contributed by atoms with Crippen LogP contribution in [0, 0.1) is 0 Å². The molecule has 3 aliphatic rings. The van der Waals surface area contributed by atoms with Crippen molar-refractivity contribution in [2.45, 2.75) is 56.3 Å². The molecule has 2 saturated heterocycles. The van der Waals surface area contributed by atoms with Crippen LogP contribution in [0.2, 0.25) is 5.02 Å². The number of anilines is 2. The third kappa shape index (κ3) is 5.00. The van der Waals surface area contributed by atoms with Crippen LogP contribution in [-0.4, -0.2) is 76.5 Å². The highest BCUT2D eigenvalue weighted by molar-refractivity contribution is 6.30. The number of carbonyl (C=O) groups excluding carboxylic acids is 1. The van der Waals surface area contributed by atoms with Crippen LogP contribution in [0.15, 0.2) is 24.3 Å². The number of hydrogen-bond donors (Lipinski definition) is 3. The molecule has 1 aromatic heterocycles. The van der Waals surface area contributed by atoms with Gasteiger partial charge in [0.1, 0.15) is 6.10 Å². The van der Waals surface area contributed by atoms with E-state index in [9.17, 15) is 4.79 Å². The topological polar surface area (TPSA) is 112 Å². The summed E-state index contributed by atoms with van der Waals surface area (Å²) in [5, 5.41) is 11.8. The molecule has 0 spiro atoms. The fourth-order valence-electron chi connectivity index (χ4n) is 4.73. The average molecular weight is 460 g/mol. The predicted molar refractivity (Wildman–Crippen MR) is 123 cm³/mol. The molecule has 1 aromatic carbocycles. The lowest BCUT2D eigenvalue weighted by Gasteiger charge is -2.46. The molecule has 2 unspecified atom stereocenters. The summed E-state index contributed by atoms with van der Waals surface area (Å²) in [6.45, 7) is 2.90. The van der Waals surface area contributed by atoms with Gasteiger partial charge in [-0.3, -0.25) is 14.7 Å². The van der Waals surface area contributed by atoms with Gasteiger partial charge in [-0.25, -0.2) is 0 Å². The van der Waals surface area contributed by atoms with E-state index in [1.807, 2.05) is 12.1 Å². The van der Waals surface area contributed by atoms with Gasteiger partial charge in [0.05, 0.1) is 6.61 Å². The zero-order valence-corrected chi connectivity index (χ0v) is 18.8. The van der Waals surface area contributed by atoms with Crippen LogP contribution in [0.4, 0.5) is 11.9 Å². The number of halogens is 1. The zero-order valence-electron chi connectivity index (χ0n) is 18.0. The quantitative estimate of drug-likeness (QED) is 0.601. The van der Waals surface area contributed by atoms with Crippen molar-refractivity contribution in [1.29, 1.82) is 0 Å². The Hall–Kier alpha value is -2.36. The number of H-pyrrole nitrogens is 1. The number of nitrogens with two attached hydrogens (primary N) is 1. The summed E-state index contributed by atoms with van der Waals surface area (Å²) in [7, 11) is 0. The molecule has 10 heteroatoms. The number of morpholine rings is 1. The van der Waals surface area contributed by atoms with E-state index < -0.39 is 6.10 Å². The highest BCUT2D eigenvalue weighted by Crippen LogP contribution is 2.27. The maximum atomic E-state index is 12.7. The Morgan fingerprint density at radius 1 is 1.19 bits per heavy atom. The molecule has 172 valence electrons. The number of carbonyl (C=O) groups is 1. The minimum absolute atomic E-state index is 0.0250. The number of benzene rings is 1. The Balaban J connectivity index is 1.27. The standard InChI is InChI=1S/C22H30ClN7O2/c23-15-3-1-14(2-4-15)11-18-13-32-19(20(31)25-16-5-6-16)12-30(18)17-7-9-29(10-8-17)22-26-21(24)27-28-22/h1-4,16-19H,5-13H2,(H,25,31)(H3,24,26,27,28). The lowest BCUT2D eigenvalue weighted by atomic mass is 9.96.